The van der Waals surface area contributed by atoms with Crippen LogP contribution in [0.5, 0.6) is 0 Å². The molecular formula is C50H60N9O7S3Si. The van der Waals surface area contributed by atoms with Gasteiger partial charge in [0.2, 0.25) is 5.53 Å². The zero-order valence-corrected chi connectivity index (χ0v) is 44.2. The lowest BCUT2D eigenvalue weighted by Crippen LogP contribution is -2.62. The van der Waals surface area contributed by atoms with Gasteiger partial charge in [0.05, 0.1) is 33.7 Å². The van der Waals surface area contributed by atoms with Crippen molar-refractivity contribution in [1.82, 2.24) is 44.7 Å². The van der Waals surface area contributed by atoms with Crippen molar-refractivity contribution in [2.75, 3.05) is 40.4 Å². The molecule has 5 amide bonds. The number of rotatable bonds is 9. The first-order chi connectivity index (χ1) is 33.5. The molecule has 3 fully saturated rings. The Labute approximate surface area is 425 Å². The molecule has 16 nitrogen and oxygen atoms in total. The van der Waals surface area contributed by atoms with Crippen molar-refractivity contribution in [2.45, 2.75) is 97.5 Å². The van der Waals surface area contributed by atoms with Gasteiger partial charge in [0.15, 0.2) is 0 Å². The predicted molar refractivity (Wildman–Crippen MR) is 279 cm³/mol. The summed E-state index contributed by atoms with van der Waals surface area (Å²) in [6.07, 6.45) is 5.41. The number of thiazole rings is 1. The van der Waals surface area contributed by atoms with E-state index in [0.717, 1.165) is 45.4 Å². The summed E-state index contributed by atoms with van der Waals surface area (Å²) in [6.45, 7) is 14.9. The number of hydrogen-bond acceptors (Lipinski definition) is 13. The number of ether oxygens (including phenoxy) is 2. The summed E-state index contributed by atoms with van der Waals surface area (Å²) in [5.74, 6) is -1.54. The number of hydrogen-bond donors (Lipinski definition) is 2. The molecule has 1 aliphatic carbocycles. The smallest absolute Gasteiger partial charge is 0.324 e. The van der Waals surface area contributed by atoms with Crippen molar-refractivity contribution in [2.24, 2.45) is 11.3 Å². The number of urea groups is 1. The fourth-order valence-electron chi connectivity index (χ4n) is 10.1. The molecule has 0 unspecified atom stereocenters. The average molecular weight is 1020 g/mol. The molecule has 369 valence electrons. The van der Waals surface area contributed by atoms with E-state index < -0.39 is 44.4 Å². The molecule has 2 N–H and O–H groups in total. The van der Waals surface area contributed by atoms with Crippen LogP contribution < -0.4 is 10.4 Å². The van der Waals surface area contributed by atoms with Crippen molar-refractivity contribution in [1.29, 1.82) is 0 Å². The molecule has 70 heavy (non-hydrogen) atoms. The van der Waals surface area contributed by atoms with Gasteiger partial charge < -0.3 is 28.8 Å². The molecule has 3 aromatic heterocycles. The van der Waals surface area contributed by atoms with Crippen LogP contribution in [0.4, 0.5) is 9.59 Å². The molecule has 1 saturated carbocycles. The SMILES string of the molecule is C=CC(=O)N1CCN(C(=O)N(C)C(C(=O)N[Si]2Cc3nc(cs3)-c3ccc4c(c3)c(c(-c3cccnc3[C@H](C=S)OC)n4CC)CC(C)(C)COC(=O)[C@@H]3CCCN(N3)C2=O)=C(C)C)[C@@H]2CC[C@@H]2C1=S. The van der Waals surface area contributed by atoms with Crippen LogP contribution in [-0.2, 0) is 42.9 Å². The van der Waals surface area contributed by atoms with Gasteiger partial charge in [0.1, 0.15) is 17.8 Å². The Hall–Kier alpha value is -5.51. The van der Waals surface area contributed by atoms with Crippen LogP contribution in [0.15, 0.2) is 65.8 Å². The first-order valence-electron chi connectivity index (χ1n) is 23.6. The minimum Gasteiger partial charge on any atom is -0.464 e. The Bertz CT molecular complexity index is 2800. The van der Waals surface area contributed by atoms with Crippen LogP contribution in [0.1, 0.15) is 82.7 Å². The summed E-state index contributed by atoms with van der Waals surface area (Å²) < 4.78 is 14.2. The minimum atomic E-state index is -2.57. The predicted octanol–water partition coefficient (Wildman–Crippen LogP) is 7.30. The van der Waals surface area contributed by atoms with E-state index in [4.69, 9.17) is 43.9 Å². The number of nitrogens with zero attached hydrogens (tertiary/aromatic N) is 7. The third-order valence-electron chi connectivity index (χ3n) is 13.7. The van der Waals surface area contributed by atoms with Crippen molar-refractivity contribution in [3.63, 3.8) is 0 Å². The normalized spacial score (nSPS) is 21.1. The van der Waals surface area contributed by atoms with Crippen molar-refractivity contribution in [3.8, 4) is 22.5 Å². The fraction of sp³-hybridized carbons (Fsp3) is 0.460. The zero-order chi connectivity index (χ0) is 50.2. The fourth-order valence-corrected chi connectivity index (χ4v) is 13.8. The number of nitrogens with one attached hydrogen (secondary N) is 2. The maximum atomic E-state index is 14.8. The van der Waals surface area contributed by atoms with E-state index in [9.17, 15) is 24.0 Å². The summed E-state index contributed by atoms with van der Waals surface area (Å²) in [5.41, 5.74) is 9.16. The van der Waals surface area contributed by atoms with E-state index in [1.165, 1.54) is 32.2 Å². The Morgan fingerprint density at radius 2 is 1.94 bits per heavy atom. The van der Waals surface area contributed by atoms with Crippen LogP contribution >= 0.6 is 35.8 Å². The van der Waals surface area contributed by atoms with Gasteiger partial charge in [-0.1, -0.05) is 50.9 Å². The standard InChI is InChI=1S/C50H60N9O7S3Si/c1-9-41(60)58-22-21-57(37-18-16-31(37)46(58)68)48(63)55(7)43(29(3)4)45(61)54-70-27-40-52-36(26-69-40)30-15-17-38-33(23-30)34(44(56(38)10-2)32-13-11-19-51-42(32)39(25-67)65-8)24-50(5,6)28-66-47(62)35-14-12-20-59(53-35)49(70)64/h9,11,13,15,17,19,23,25-26,31,35,37,39,53H,1,10,12,14,16,18,20-22,24,27-28H2,2-8H3,(H,54,61)/t31-,35-,37+,39-/m0/s1. The van der Waals surface area contributed by atoms with Crippen LogP contribution in [0, 0.1) is 11.3 Å². The number of carbonyl (C=O) groups is 5. The van der Waals surface area contributed by atoms with E-state index in [1.54, 1.807) is 44.5 Å². The van der Waals surface area contributed by atoms with Gasteiger partial charge >= 0.3 is 12.0 Å². The van der Waals surface area contributed by atoms with Crippen LogP contribution in [0.25, 0.3) is 33.4 Å². The van der Waals surface area contributed by atoms with Crippen LogP contribution in [0.3, 0.4) is 0 Å². The Morgan fingerprint density at radius 1 is 1.16 bits per heavy atom. The van der Waals surface area contributed by atoms with Crippen LogP contribution in [-0.4, -0.2) is 135 Å². The summed E-state index contributed by atoms with van der Waals surface area (Å²) in [7, 11) is 0.604. The Morgan fingerprint density at radius 3 is 2.63 bits per heavy atom. The maximum absolute atomic E-state index is 14.8. The molecule has 6 bridgehead atoms. The highest BCUT2D eigenvalue weighted by Gasteiger charge is 2.46. The molecule has 8 rings (SSSR count). The molecular weight excluding hydrogens is 963 g/mol. The lowest BCUT2D eigenvalue weighted by atomic mass is 9.78. The second-order valence-electron chi connectivity index (χ2n) is 19.2. The number of aryl methyl sites for hydroxylation is 1. The van der Waals surface area contributed by atoms with Gasteiger partial charge in [-0.25, -0.2) is 15.2 Å². The molecule has 1 aromatic carbocycles. The number of amides is 5. The topological polar surface area (TPSA) is 172 Å². The van der Waals surface area contributed by atoms with Crippen molar-refractivity contribution >= 4 is 95.3 Å². The number of pyridine rings is 1. The third-order valence-corrected chi connectivity index (χ3v) is 17.6. The molecule has 4 aliphatic rings. The number of hydrazine groups is 1. The first-order valence-corrected chi connectivity index (χ1v) is 27.1. The molecule has 6 heterocycles. The average Bonchev–Trinajstić information content (AvgIpc) is 3.90. The zero-order valence-electron chi connectivity index (χ0n) is 40.7. The van der Waals surface area contributed by atoms with Crippen molar-refractivity contribution < 1.29 is 33.4 Å². The van der Waals surface area contributed by atoms with Gasteiger partial charge in [0.25, 0.3) is 20.8 Å². The summed E-state index contributed by atoms with van der Waals surface area (Å²) in [6, 6.07) is 8.96. The number of fused-ring (bicyclic) bond motifs is 7. The van der Waals surface area contributed by atoms with E-state index in [0.29, 0.717) is 60.0 Å². The quantitative estimate of drug-likeness (QED) is 0.0744. The minimum absolute atomic E-state index is 0.103. The monoisotopic (exact) mass is 1020 g/mol. The number of thiocarbonyl (C=S) groups is 2. The molecule has 1 radical (unpaired) electrons. The summed E-state index contributed by atoms with van der Waals surface area (Å²) in [5, 5.41) is 6.64. The summed E-state index contributed by atoms with van der Waals surface area (Å²) in [4.78, 5) is 88.6. The second kappa shape index (κ2) is 21.1. The Balaban J connectivity index is 1.15. The number of allylic oxidation sites excluding steroid dienone is 1. The van der Waals surface area contributed by atoms with Gasteiger partial charge in [-0.3, -0.25) is 34.1 Å². The molecule has 2 saturated heterocycles. The number of cyclic esters (lactones) is 1. The maximum Gasteiger partial charge on any atom is 0.324 e. The highest BCUT2D eigenvalue weighted by molar-refractivity contribution is 7.80. The third kappa shape index (κ3) is 9.90. The molecule has 0 spiro atoms. The number of benzene rings is 1. The van der Waals surface area contributed by atoms with Gasteiger partial charge in [-0.05, 0) is 94.4 Å². The molecule has 4 aromatic rings. The van der Waals surface area contributed by atoms with E-state index in [-0.39, 0.29) is 54.8 Å². The Kier molecular flexibility index (Phi) is 15.3. The highest BCUT2D eigenvalue weighted by Crippen LogP contribution is 2.42. The van der Waals surface area contributed by atoms with E-state index in [1.807, 2.05) is 23.6 Å². The number of carbonyl (C=O) groups excluding carboxylic acids is 5. The van der Waals surface area contributed by atoms with Gasteiger partial charge in [-0.15, -0.1) is 11.3 Å². The van der Waals surface area contributed by atoms with E-state index >= 15 is 0 Å². The van der Waals surface area contributed by atoms with Crippen molar-refractivity contribution in [3.05, 3.63) is 82.1 Å². The molecule has 20 heteroatoms. The number of likely N-dealkylation sites (N-methyl/N-ethyl adjacent to an activating group) is 1. The largest absolute Gasteiger partial charge is 0.464 e. The first kappa shape index (κ1) is 50.9. The number of methoxy groups -OCH3 is 1. The summed E-state index contributed by atoms with van der Waals surface area (Å²) >= 11 is 12.5. The van der Waals surface area contributed by atoms with Gasteiger partial charge in [-0.2, -0.15) is 0 Å². The molecule has 3 aliphatic heterocycles. The number of esters is 1. The van der Waals surface area contributed by atoms with Crippen LogP contribution in [0.2, 0.25) is 0 Å². The lowest BCUT2D eigenvalue weighted by molar-refractivity contribution is -0.151. The number of aromatic nitrogens is 3. The second-order valence-corrected chi connectivity index (χ2v) is 22.8. The van der Waals surface area contributed by atoms with E-state index in [2.05, 4.69) is 54.5 Å². The highest BCUT2D eigenvalue weighted by atomic mass is 32.1. The lowest BCUT2D eigenvalue weighted by Gasteiger charge is -2.43. The van der Waals surface area contributed by atoms with Gasteiger partial charge in [0, 0.05) is 103 Å². The molecule has 4 atom stereocenters.